The van der Waals surface area contributed by atoms with Crippen molar-refractivity contribution in [2.75, 3.05) is 19.8 Å². The van der Waals surface area contributed by atoms with Crippen LogP contribution in [-0.4, -0.2) is 175 Å². The Hall–Kier alpha value is -3.57. The number of rotatable bonds is 13. The zero-order valence-corrected chi connectivity index (χ0v) is 29.0. The number of hydrogen-bond donors (Lipinski definition) is 13. The van der Waals surface area contributed by atoms with Gasteiger partial charge >= 0.3 is 23.6 Å². The molecule has 0 amide bonds. The minimum absolute atomic E-state index is 0. The predicted molar refractivity (Wildman–Crippen MR) is 171 cm³/mol. The lowest BCUT2D eigenvalue weighted by Crippen LogP contribution is -2.79. The Kier molecular flexibility index (Phi) is 17.4. The number of carbonyl (C=O) groups excluding carboxylic acids is 3. The van der Waals surface area contributed by atoms with Crippen molar-refractivity contribution in [2.24, 2.45) is 44.4 Å². The molecule has 2 aliphatic heterocycles. The highest BCUT2D eigenvalue weighted by Gasteiger charge is 2.71. The van der Waals surface area contributed by atoms with E-state index in [1.165, 1.54) is 6.92 Å². The summed E-state index contributed by atoms with van der Waals surface area (Å²) in [6, 6.07) is -4.51. The van der Waals surface area contributed by atoms with Gasteiger partial charge in [0.1, 0.15) is 59.8 Å². The first-order valence-electron chi connectivity index (χ1n) is 14.8. The van der Waals surface area contributed by atoms with Gasteiger partial charge in [-0.1, -0.05) is 0 Å². The van der Waals surface area contributed by atoms with Gasteiger partial charge in [0, 0.05) is 0 Å². The molecule has 0 spiro atoms. The van der Waals surface area contributed by atoms with Crippen molar-refractivity contribution in [1.82, 2.24) is 0 Å². The molecule has 0 radical (unpaired) electrons. The molecule has 2 heterocycles. The number of aliphatic hydroxyl groups is 6. The maximum absolute atomic E-state index is 15.2. The molecule has 0 aromatic carbocycles. The number of hydrogen-bond acceptors (Lipinski definition) is 17. The molecule has 0 saturated carbocycles. The van der Waals surface area contributed by atoms with Crippen molar-refractivity contribution in [3.8, 4) is 0 Å². The number of guanidine groups is 2. The number of halogens is 5. The minimum atomic E-state index is -4.08. The third kappa shape index (κ3) is 9.39. The molecule has 0 bridgehead atoms. The second-order valence-corrected chi connectivity index (χ2v) is 11.7. The van der Waals surface area contributed by atoms with Crippen LogP contribution in [0.3, 0.4) is 0 Å². The number of nitrogens with zero attached hydrogens (tertiary/aromatic N) is 2. The molecule has 19 N–H and O–H groups in total. The summed E-state index contributed by atoms with van der Waals surface area (Å²) < 4.78 is 73.0. The van der Waals surface area contributed by atoms with Crippen molar-refractivity contribution < 1.29 is 86.7 Å². The molecule has 0 aromatic rings. The number of esters is 1. The Bertz CT molecular complexity index is 1390. The maximum atomic E-state index is 15.2. The van der Waals surface area contributed by atoms with Crippen LogP contribution in [0.25, 0.3) is 0 Å². The van der Waals surface area contributed by atoms with E-state index in [0.717, 1.165) is 13.8 Å². The summed E-state index contributed by atoms with van der Waals surface area (Å²) in [6.07, 6.45) is -19.1. The third-order valence-electron chi connectivity index (χ3n) is 8.21. The number of ketones is 2. The average molecular weight is 805 g/mol. The van der Waals surface area contributed by atoms with Crippen molar-refractivity contribution in [1.29, 1.82) is 0 Å². The van der Waals surface area contributed by atoms with E-state index in [1.54, 1.807) is 0 Å². The number of alkyl halides is 4. The van der Waals surface area contributed by atoms with Gasteiger partial charge in [0.2, 0.25) is 0 Å². The highest BCUT2D eigenvalue weighted by molar-refractivity contribution is 5.91. The standard InChI is InChI=1S/C14H24F2N4O7.C12H20F2N4O7.ClH/c1-3-26-11(25)14(16)8(15)9(20-12(17)18)13(19,5(2)22)10(27-14)7(24)6(23)4-21;1-3(20)11(17)7(18-10(15)16)6(13)12(14,9(23)24)25-8(11)5(22)4(21)2-19;/h6-10,21,23-24H,3-4,19H2,1-2H3,(H4,17,18,20);4-8,19,21-22H,2,17H2,1H3,(H,23,24)(H4,15,16,18);1H/t6-,7-,8?,9?,10?,13?,14?;4-,5-,6?,7?,8?,11?,12?;/m11./s1. The summed E-state index contributed by atoms with van der Waals surface area (Å²) in [5.41, 5.74) is 27.1. The molecule has 53 heavy (non-hydrogen) atoms. The molecule has 2 fully saturated rings. The molecule has 0 aliphatic carbocycles. The van der Waals surface area contributed by atoms with E-state index < -0.39 is 132 Å². The molecule has 14 atom stereocenters. The van der Waals surface area contributed by atoms with Crippen LogP contribution in [0.4, 0.5) is 17.6 Å². The Labute approximate surface area is 303 Å². The zero-order chi connectivity index (χ0) is 40.9. The van der Waals surface area contributed by atoms with Gasteiger partial charge in [-0.2, -0.15) is 8.78 Å². The van der Waals surface area contributed by atoms with Gasteiger partial charge in [-0.25, -0.2) is 28.4 Å². The summed E-state index contributed by atoms with van der Waals surface area (Å²) in [6.45, 7) is 0.539. The summed E-state index contributed by atoms with van der Waals surface area (Å²) >= 11 is 0. The number of aliphatic hydroxyl groups excluding tert-OH is 6. The van der Waals surface area contributed by atoms with Gasteiger partial charge in [0.15, 0.2) is 35.8 Å². The Morgan fingerprint density at radius 2 is 1.08 bits per heavy atom. The largest absolute Gasteiger partial charge is 0.477 e. The van der Waals surface area contributed by atoms with E-state index in [2.05, 4.69) is 19.5 Å². The van der Waals surface area contributed by atoms with E-state index >= 15 is 4.39 Å². The lowest BCUT2D eigenvalue weighted by molar-refractivity contribution is -0.286. The fourth-order valence-electron chi connectivity index (χ4n) is 5.29. The second-order valence-electron chi connectivity index (χ2n) is 11.7. The Morgan fingerprint density at radius 1 is 0.755 bits per heavy atom. The average Bonchev–Trinajstić information content (AvgIpc) is 3.06. The van der Waals surface area contributed by atoms with Crippen LogP contribution in [0.2, 0.25) is 0 Å². The molecule has 2 rings (SSSR count). The van der Waals surface area contributed by atoms with Crippen LogP contribution in [0.1, 0.15) is 20.8 Å². The zero-order valence-electron chi connectivity index (χ0n) is 28.2. The van der Waals surface area contributed by atoms with Crippen LogP contribution in [0, 0.1) is 0 Å². The lowest BCUT2D eigenvalue weighted by atomic mass is 9.73. The monoisotopic (exact) mass is 804 g/mol. The van der Waals surface area contributed by atoms with Gasteiger partial charge < -0.3 is 84.4 Å². The minimum Gasteiger partial charge on any atom is -0.477 e. The number of Topliss-reactive ketones (excluding diaryl/α,β-unsaturated/α-hetero) is 2. The topological polar surface area (TPSA) is 418 Å². The Balaban J connectivity index is 0.00000100. The SMILES string of the molecule is CC(=O)C1(N)C(N=C(N)N)C(F)C(F)(C(=O)O)OC1[C@H](O)[C@H](O)CO.CCOC(=O)C1(F)OC([C@H](O)[C@H](O)CO)C(N)(C(C)=O)C(N=C(N)N)C1F.Cl. The molecule has 27 heteroatoms. The first-order valence-corrected chi connectivity index (χ1v) is 14.8. The van der Waals surface area contributed by atoms with Crippen molar-refractivity contribution in [3.63, 3.8) is 0 Å². The van der Waals surface area contributed by atoms with Gasteiger partial charge in [-0.05, 0) is 20.8 Å². The first-order chi connectivity index (χ1) is 23.7. The predicted octanol–water partition coefficient (Wildman–Crippen LogP) is -6.87. The first kappa shape index (κ1) is 49.4. The number of aliphatic imine (C=N–C) groups is 2. The molecular formula is C26H45ClF4N8O14. The van der Waals surface area contributed by atoms with Gasteiger partial charge in [-0.3, -0.25) is 9.59 Å². The fourth-order valence-corrected chi connectivity index (χ4v) is 5.29. The van der Waals surface area contributed by atoms with Crippen LogP contribution < -0.4 is 34.4 Å². The second kappa shape index (κ2) is 18.7. The summed E-state index contributed by atoms with van der Waals surface area (Å²) in [7, 11) is 0. The molecule has 10 unspecified atom stereocenters. The van der Waals surface area contributed by atoms with E-state index in [9.17, 15) is 52.8 Å². The fraction of sp³-hybridized carbons (Fsp3) is 0.769. The van der Waals surface area contributed by atoms with Crippen LogP contribution >= 0.6 is 12.4 Å². The van der Waals surface area contributed by atoms with Crippen molar-refractivity contribution in [3.05, 3.63) is 0 Å². The van der Waals surface area contributed by atoms with Crippen LogP contribution in [0.15, 0.2) is 9.98 Å². The number of nitrogens with two attached hydrogens (primary N) is 6. The molecule has 308 valence electrons. The van der Waals surface area contributed by atoms with E-state index in [1.807, 2.05) is 0 Å². The van der Waals surface area contributed by atoms with Crippen LogP contribution in [-0.2, 0) is 33.4 Å². The van der Waals surface area contributed by atoms with Gasteiger partial charge in [-0.15, -0.1) is 12.4 Å². The number of carbonyl (C=O) groups is 4. The molecular weight excluding hydrogens is 760 g/mol. The number of ether oxygens (including phenoxy) is 3. The van der Waals surface area contributed by atoms with Crippen LogP contribution in [0.5, 0.6) is 0 Å². The van der Waals surface area contributed by atoms with Gasteiger partial charge in [0.05, 0.1) is 19.8 Å². The van der Waals surface area contributed by atoms with Crippen molar-refractivity contribution >= 4 is 47.8 Å². The lowest BCUT2D eigenvalue weighted by Gasteiger charge is -2.50. The highest BCUT2D eigenvalue weighted by atomic mass is 35.5. The normalized spacial score (nSPS) is 36.1. The smallest absolute Gasteiger partial charge is 0.375 e. The molecule has 2 saturated heterocycles. The number of carboxylic acid groups (broad SMARTS) is 1. The van der Waals surface area contributed by atoms with E-state index in [0.29, 0.717) is 0 Å². The highest BCUT2D eigenvalue weighted by Crippen LogP contribution is 2.43. The maximum Gasteiger partial charge on any atom is 0.375 e. The van der Waals surface area contributed by atoms with E-state index in [4.69, 9.17) is 54.5 Å². The van der Waals surface area contributed by atoms with Crippen molar-refractivity contribution in [2.45, 2.75) is 105 Å². The number of aliphatic carboxylic acids is 1. The summed E-state index contributed by atoms with van der Waals surface area (Å²) in [5.74, 6) is -15.9. The van der Waals surface area contributed by atoms with E-state index in [-0.39, 0.29) is 19.0 Å². The summed E-state index contributed by atoms with van der Waals surface area (Å²) in [4.78, 5) is 54.0. The molecule has 2 aliphatic rings. The Morgan fingerprint density at radius 3 is 1.34 bits per heavy atom. The quantitative estimate of drug-likeness (QED) is 0.0356. The summed E-state index contributed by atoms with van der Waals surface area (Å²) in [5, 5.41) is 66.3. The molecule has 0 aromatic heterocycles. The number of carboxylic acids is 1. The third-order valence-corrected chi connectivity index (χ3v) is 8.21. The molecule has 22 nitrogen and oxygen atoms in total. The van der Waals surface area contributed by atoms with Gasteiger partial charge in [0.25, 0.3) is 0 Å².